The zero-order valence-electron chi connectivity index (χ0n) is 5.93. The fraction of sp³-hybridized carbons (Fsp3) is 0. The molecule has 1 rings (SSSR count). The Morgan fingerprint density at radius 3 is 2.92 bits per heavy atom. The number of hydrogen-bond acceptors (Lipinski definition) is 3. The van der Waals surface area contributed by atoms with Crippen molar-refractivity contribution in [1.29, 1.82) is 0 Å². The van der Waals surface area contributed by atoms with Crippen LogP contribution in [-0.2, 0) is 0 Å². The van der Waals surface area contributed by atoms with Crippen LogP contribution in [0.1, 0.15) is 10.4 Å². The number of aromatic nitrogens is 1. The number of aromatic amines is 1. The summed E-state index contributed by atoms with van der Waals surface area (Å²) in [6.45, 7) is 0. The largest absolute Gasteiger partial charge is 0.328 e. The number of carbonyl (C=O) groups excluding carboxylic acids is 1. The Hall–Kier alpha value is -1.14. The van der Waals surface area contributed by atoms with E-state index >= 15 is 0 Å². The van der Waals surface area contributed by atoms with E-state index in [-0.39, 0.29) is 11.1 Å². The van der Waals surface area contributed by atoms with Gasteiger partial charge in [0.25, 0.3) is 5.91 Å². The topological polar surface area (TPSA) is 88.0 Å². The van der Waals surface area contributed by atoms with Crippen molar-refractivity contribution in [2.45, 2.75) is 0 Å². The number of hydrogen-bond donors (Lipinski definition) is 3. The summed E-state index contributed by atoms with van der Waals surface area (Å²) in [6.07, 6.45) is 1.38. The molecule has 5 nitrogen and oxygen atoms in total. The van der Waals surface area contributed by atoms with Crippen LogP contribution in [-0.4, -0.2) is 10.9 Å². The lowest BCUT2D eigenvalue weighted by molar-refractivity contribution is 0.0952. The molecule has 6 heteroatoms. The lowest BCUT2D eigenvalue weighted by Gasteiger charge is -1.99. The second-order valence-electron chi connectivity index (χ2n) is 2.03. The second-order valence-corrected chi connectivity index (χ2v) is 2.89. The van der Waals surface area contributed by atoms with E-state index in [1.165, 1.54) is 6.20 Å². The number of hydrazine groups is 1. The SMILES string of the molecule is NNC(=O)c1cc(=O)[nH]cc1Br. The van der Waals surface area contributed by atoms with Crippen molar-refractivity contribution < 1.29 is 4.79 Å². The van der Waals surface area contributed by atoms with E-state index in [1.54, 1.807) is 0 Å². The lowest BCUT2D eigenvalue weighted by Crippen LogP contribution is -2.31. The predicted molar refractivity (Wildman–Crippen MR) is 46.4 cm³/mol. The third-order valence-corrected chi connectivity index (χ3v) is 1.91. The van der Waals surface area contributed by atoms with Gasteiger partial charge in [0.1, 0.15) is 0 Å². The number of nitrogens with two attached hydrogens (primary N) is 1. The van der Waals surface area contributed by atoms with Gasteiger partial charge in [0.15, 0.2) is 0 Å². The summed E-state index contributed by atoms with van der Waals surface area (Å²) in [5.41, 5.74) is 1.79. The van der Waals surface area contributed by atoms with E-state index < -0.39 is 5.91 Å². The monoisotopic (exact) mass is 231 g/mol. The fourth-order valence-electron chi connectivity index (χ4n) is 0.706. The number of pyridine rings is 1. The summed E-state index contributed by atoms with van der Waals surface area (Å²) >= 11 is 3.09. The van der Waals surface area contributed by atoms with Gasteiger partial charge in [-0.15, -0.1) is 0 Å². The molecule has 64 valence electrons. The van der Waals surface area contributed by atoms with Crippen LogP contribution in [0.4, 0.5) is 0 Å². The van der Waals surface area contributed by atoms with E-state index in [1.807, 2.05) is 5.43 Å². The molecule has 0 atom stereocenters. The number of carbonyl (C=O) groups is 1. The quantitative estimate of drug-likeness (QED) is 0.354. The van der Waals surface area contributed by atoms with Crippen molar-refractivity contribution >= 4 is 21.8 Å². The van der Waals surface area contributed by atoms with Crippen molar-refractivity contribution in [3.63, 3.8) is 0 Å². The van der Waals surface area contributed by atoms with Crippen molar-refractivity contribution in [3.8, 4) is 0 Å². The average molecular weight is 232 g/mol. The molecular formula is C6H6BrN3O2. The van der Waals surface area contributed by atoms with Gasteiger partial charge in [-0.3, -0.25) is 15.0 Å². The van der Waals surface area contributed by atoms with E-state index in [2.05, 4.69) is 20.9 Å². The van der Waals surface area contributed by atoms with Gasteiger partial charge >= 0.3 is 0 Å². The predicted octanol–water partition coefficient (Wildman–Crippen LogP) is -0.259. The van der Waals surface area contributed by atoms with Gasteiger partial charge in [-0.1, -0.05) is 0 Å². The average Bonchev–Trinajstić information content (AvgIpc) is 2.08. The summed E-state index contributed by atoms with van der Waals surface area (Å²) in [5.74, 6) is 4.38. The molecule has 0 fully saturated rings. The molecule has 0 spiro atoms. The molecular weight excluding hydrogens is 226 g/mol. The molecule has 0 saturated carbocycles. The van der Waals surface area contributed by atoms with Crippen LogP contribution < -0.4 is 16.8 Å². The first-order valence-electron chi connectivity index (χ1n) is 3.04. The summed E-state index contributed by atoms with van der Waals surface area (Å²) in [5, 5.41) is 0. The number of halogens is 1. The summed E-state index contributed by atoms with van der Waals surface area (Å²) in [7, 11) is 0. The standard InChI is InChI=1S/C6H6BrN3O2/c7-4-2-9-5(11)1-3(4)6(12)10-8/h1-2H,8H2,(H,9,11)(H,10,12). The molecule has 1 aromatic heterocycles. The normalized spacial score (nSPS) is 9.50. The van der Waals surface area contributed by atoms with Gasteiger partial charge in [0.05, 0.1) is 5.56 Å². The Morgan fingerprint density at radius 1 is 1.67 bits per heavy atom. The van der Waals surface area contributed by atoms with Crippen LogP contribution in [0, 0.1) is 0 Å². The first-order valence-corrected chi connectivity index (χ1v) is 3.83. The molecule has 0 aliphatic carbocycles. The molecule has 4 N–H and O–H groups in total. The van der Waals surface area contributed by atoms with Gasteiger partial charge in [-0.2, -0.15) is 0 Å². The molecule has 0 aliphatic heterocycles. The van der Waals surface area contributed by atoms with Crippen LogP contribution in [0.2, 0.25) is 0 Å². The van der Waals surface area contributed by atoms with Crippen molar-refractivity contribution in [1.82, 2.24) is 10.4 Å². The van der Waals surface area contributed by atoms with E-state index in [4.69, 9.17) is 5.84 Å². The van der Waals surface area contributed by atoms with Crippen molar-refractivity contribution in [2.24, 2.45) is 5.84 Å². The van der Waals surface area contributed by atoms with Gasteiger partial charge in [-0.25, -0.2) is 5.84 Å². The van der Waals surface area contributed by atoms with Gasteiger partial charge < -0.3 is 4.98 Å². The number of nitrogens with one attached hydrogen (secondary N) is 2. The summed E-state index contributed by atoms with van der Waals surface area (Å²) in [4.78, 5) is 24.1. The Morgan fingerprint density at radius 2 is 2.33 bits per heavy atom. The highest BCUT2D eigenvalue weighted by Gasteiger charge is 2.08. The van der Waals surface area contributed by atoms with Crippen LogP contribution in [0.25, 0.3) is 0 Å². The second kappa shape index (κ2) is 3.51. The minimum Gasteiger partial charge on any atom is -0.328 e. The minimum atomic E-state index is -0.507. The maximum Gasteiger partial charge on any atom is 0.266 e. The third-order valence-electron chi connectivity index (χ3n) is 1.25. The first kappa shape index (κ1) is 8.95. The minimum absolute atomic E-state index is 0.209. The molecule has 1 aromatic rings. The Labute approximate surface area is 76.1 Å². The van der Waals surface area contributed by atoms with Crippen LogP contribution in [0.15, 0.2) is 21.5 Å². The highest BCUT2D eigenvalue weighted by molar-refractivity contribution is 9.10. The van der Waals surface area contributed by atoms with Crippen LogP contribution in [0.3, 0.4) is 0 Å². The molecule has 0 saturated heterocycles. The molecule has 0 unspecified atom stereocenters. The lowest BCUT2D eigenvalue weighted by atomic mass is 10.2. The van der Waals surface area contributed by atoms with Gasteiger partial charge in [-0.05, 0) is 15.9 Å². The number of nitrogen functional groups attached to an aromatic ring is 1. The molecule has 0 aromatic carbocycles. The van der Waals surface area contributed by atoms with Crippen molar-refractivity contribution in [2.75, 3.05) is 0 Å². The number of amides is 1. The molecule has 12 heavy (non-hydrogen) atoms. The Balaban J connectivity index is 3.22. The smallest absolute Gasteiger partial charge is 0.266 e. The molecule has 1 amide bonds. The van der Waals surface area contributed by atoms with E-state index in [0.717, 1.165) is 6.07 Å². The fourth-order valence-corrected chi connectivity index (χ4v) is 1.11. The third kappa shape index (κ3) is 1.72. The maximum atomic E-state index is 11.0. The molecule has 0 bridgehead atoms. The highest BCUT2D eigenvalue weighted by Crippen LogP contribution is 2.11. The zero-order chi connectivity index (χ0) is 9.14. The summed E-state index contributed by atoms with van der Waals surface area (Å²) in [6, 6.07) is 1.16. The molecule has 0 aliphatic rings. The molecule has 1 heterocycles. The molecule has 0 radical (unpaired) electrons. The van der Waals surface area contributed by atoms with Gasteiger partial charge in [0, 0.05) is 16.7 Å². The van der Waals surface area contributed by atoms with Crippen molar-refractivity contribution in [3.05, 3.63) is 32.7 Å². The van der Waals surface area contributed by atoms with E-state index in [0.29, 0.717) is 4.47 Å². The number of rotatable bonds is 1. The van der Waals surface area contributed by atoms with Crippen LogP contribution in [0.5, 0.6) is 0 Å². The highest BCUT2D eigenvalue weighted by atomic mass is 79.9. The first-order chi connectivity index (χ1) is 5.65. The zero-order valence-corrected chi connectivity index (χ0v) is 7.51. The van der Waals surface area contributed by atoms with E-state index in [9.17, 15) is 9.59 Å². The summed E-state index contributed by atoms with van der Waals surface area (Å²) < 4.78 is 0.491. The number of H-pyrrole nitrogens is 1. The Bertz CT molecular complexity index is 360. The maximum absolute atomic E-state index is 11.0. The Kier molecular flexibility index (Phi) is 2.61. The van der Waals surface area contributed by atoms with Crippen LogP contribution >= 0.6 is 15.9 Å². The van der Waals surface area contributed by atoms with Gasteiger partial charge in [0.2, 0.25) is 5.56 Å².